The molecule has 1 amide bonds. The summed E-state index contributed by atoms with van der Waals surface area (Å²) in [5.41, 5.74) is 1.47. The van der Waals surface area contributed by atoms with E-state index in [0.29, 0.717) is 29.8 Å². The minimum Gasteiger partial charge on any atom is -0.451 e. The van der Waals surface area contributed by atoms with Crippen molar-refractivity contribution in [2.24, 2.45) is 0 Å². The molecule has 3 rings (SSSR count). The van der Waals surface area contributed by atoms with Crippen molar-refractivity contribution in [2.45, 2.75) is 25.9 Å². The molecule has 0 spiro atoms. The number of hydrogen-bond acceptors (Lipinski definition) is 4. The Hall–Kier alpha value is -2.47. The van der Waals surface area contributed by atoms with Crippen LogP contribution < -0.4 is 4.90 Å². The Morgan fingerprint density at radius 3 is 2.50 bits per heavy atom. The Labute approximate surface area is 160 Å². The number of benzene rings is 2. The summed E-state index contributed by atoms with van der Waals surface area (Å²) in [5, 5.41) is 0. The van der Waals surface area contributed by atoms with Gasteiger partial charge in [0, 0.05) is 28.7 Å². The molecule has 1 aliphatic rings. The number of carbonyl (C=O) groups is 3. The molecule has 0 unspecified atom stereocenters. The third kappa shape index (κ3) is 4.02. The molecule has 134 valence electrons. The number of ketones is 1. The number of esters is 1. The van der Waals surface area contributed by atoms with Crippen molar-refractivity contribution >= 4 is 39.3 Å². The zero-order valence-corrected chi connectivity index (χ0v) is 15.9. The van der Waals surface area contributed by atoms with Gasteiger partial charge in [0.05, 0.1) is 5.56 Å². The molecular weight excluding hydrogens is 398 g/mol. The van der Waals surface area contributed by atoms with Gasteiger partial charge < -0.3 is 9.64 Å². The molecular formula is C20H18BrNO4. The first-order chi connectivity index (χ1) is 12.5. The lowest BCUT2D eigenvalue weighted by Gasteiger charge is -2.17. The van der Waals surface area contributed by atoms with Crippen LogP contribution in [-0.4, -0.2) is 30.3 Å². The highest BCUT2D eigenvalue weighted by Crippen LogP contribution is 2.23. The number of hydrogen-bond donors (Lipinski definition) is 0. The lowest BCUT2D eigenvalue weighted by atomic mass is 10.1. The van der Waals surface area contributed by atoms with Crippen LogP contribution in [0.2, 0.25) is 0 Å². The molecule has 0 saturated carbocycles. The molecule has 1 fully saturated rings. The summed E-state index contributed by atoms with van der Waals surface area (Å²) in [5.74, 6) is -0.803. The lowest BCUT2D eigenvalue weighted by Crippen LogP contribution is -2.25. The second kappa shape index (κ2) is 7.83. The normalized spacial score (nSPS) is 15.0. The lowest BCUT2D eigenvalue weighted by molar-refractivity contribution is -0.117. The van der Waals surface area contributed by atoms with Gasteiger partial charge in [-0.2, -0.15) is 0 Å². The Bertz CT molecular complexity index is 847. The number of anilines is 1. The largest absolute Gasteiger partial charge is 0.451 e. The average Bonchev–Trinajstić information content (AvgIpc) is 3.07. The van der Waals surface area contributed by atoms with Crippen molar-refractivity contribution in [3.8, 4) is 0 Å². The van der Waals surface area contributed by atoms with Gasteiger partial charge in [-0.05, 0) is 43.7 Å². The number of nitrogens with zero attached hydrogens (tertiary/aromatic N) is 1. The summed E-state index contributed by atoms with van der Waals surface area (Å²) >= 11 is 3.32. The van der Waals surface area contributed by atoms with Crippen molar-refractivity contribution < 1.29 is 19.1 Å². The van der Waals surface area contributed by atoms with Gasteiger partial charge in [-0.15, -0.1) is 0 Å². The van der Waals surface area contributed by atoms with E-state index in [0.717, 1.165) is 10.9 Å². The standard InChI is InChI=1S/C20H18BrNO4/c1-13(19(24)14-7-9-16(21)10-8-14)26-20(25)15-4-2-5-17(12-15)22-11-3-6-18(22)23/h2,4-5,7-10,12-13H,3,6,11H2,1H3/t13-/m1/s1. The zero-order valence-electron chi connectivity index (χ0n) is 14.3. The van der Waals surface area contributed by atoms with E-state index in [-0.39, 0.29) is 11.7 Å². The predicted molar refractivity (Wildman–Crippen MR) is 101 cm³/mol. The van der Waals surface area contributed by atoms with Crippen molar-refractivity contribution in [2.75, 3.05) is 11.4 Å². The van der Waals surface area contributed by atoms with Crippen LogP contribution in [0, 0.1) is 0 Å². The molecule has 2 aromatic carbocycles. The quantitative estimate of drug-likeness (QED) is 0.546. The van der Waals surface area contributed by atoms with Crippen molar-refractivity contribution in [1.29, 1.82) is 0 Å². The van der Waals surface area contributed by atoms with E-state index < -0.39 is 12.1 Å². The average molecular weight is 416 g/mol. The summed E-state index contributed by atoms with van der Waals surface area (Å²) in [6.07, 6.45) is 0.431. The maximum atomic E-state index is 12.4. The number of rotatable bonds is 5. The zero-order chi connectivity index (χ0) is 18.7. The SMILES string of the molecule is C[C@@H](OC(=O)c1cccc(N2CCCC2=O)c1)C(=O)c1ccc(Br)cc1. The molecule has 0 aromatic heterocycles. The maximum Gasteiger partial charge on any atom is 0.338 e. The smallest absolute Gasteiger partial charge is 0.338 e. The topological polar surface area (TPSA) is 63.7 Å². The molecule has 6 heteroatoms. The fraction of sp³-hybridized carbons (Fsp3) is 0.250. The summed E-state index contributed by atoms with van der Waals surface area (Å²) in [6.45, 7) is 2.20. The van der Waals surface area contributed by atoms with Gasteiger partial charge in [-0.3, -0.25) is 9.59 Å². The van der Waals surface area contributed by atoms with E-state index in [1.807, 2.05) is 0 Å². The first kappa shape index (κ1) is 18.3. The number of ether oxygens (including phenoxy) is 1. The summed E-state index contributed by atoms with van der Waals surface area (Å²) in [7, 11) is 0. The third-order valence-corrected chi connectivity index (χ3v) is 4.78. The van der Waals surface area contributed by atoms with E-state index in [2.05, 4.69) is 15.9 Å². The molecule has 1 atom stereocenters. The molecule has 0 bridgehead atoms. The van der Waals surface area contributed by atoms with E-state index in [1.54, 1.807) is 60.4 Å². The fourth-order valence-electron chi connectivity index (χ4n) is 2.85. The molecule has 0 aliphatic carbocycles. The van der Waals surface area contributed by atoms with Crippen LogP contribution >= 0.6 is 15.9 Å². The second-order valence-electron chi connectivity index (χ2n) is 6.12. The highest BCUT2D eigenvalue weighted by atomic mass is 79.9. The highest BCUT2D eigenvalue weighted by molar-refractivity contribution is 9.10. The molecule has 1 saturated heterocycles. The molecule has 0 N–H and O–H groups in total. The van der Waals surface area contributed by atoms with E-state index in [9.17, 15) is 14.4 Å². The van der Waals surface area contributed by atoms with Crippen molar-refractivity contribution in [3.05, 3.63) is 64.1 Å². The minimum absolute atomic E-state index is 0.0503. The van der Waals surface area contributed by atoms with E-state index in [4.69, 9.17) is 4.74 Å². The molecule has 1 heterocycles. The number of halogens is 1. The summed E-state index contributed by atoms with van der Waals surface area (Å²) < 4.78 is 6.19. The van der Waals surface area contributed by atoms with E-state index in [1.165, 1.54) is 0 Å². The fourth-order valence-corrected chi connectivity index (χ4v) is 3.12. The van der Waals surface area contributed by atoms with Crippen LogP contribution in [0.1, 0.15) is 40.5 Å². The minimum atomic E-state index is -0.902. The summed E-state index contributed by atoms with van der Waals surface area (Å²) in [4.78, 5) is 38.3. The number of carbonyl (C=O) groups excluding carboxylic acids is 3. The van der Waals surface area contributed by atoms with Crippen LogP contribution in [0.5, 0.6) is 0 Å². The summed E-state index contributed by atoms with van der Waals surface area (Å²) in [6, 6.07) is 13.6. The van der Waals surface area contributed by atoms with Crippen LogP contribution in [0.15, 0.2) is 53.0 Å². The monoisotopic (exact) mass is 415 g/mol. The predicted octanol–water partition coefficient (Wildman–Crippen LogP) is 4.00. The first-order valence-electron chi connectivity index (χ1n) is 8.37. The van der Waals surface area contributed by atoms with E-state index >= 15 is 0 Å². The van der Waals surface area contributed by atoms with Crippen LogP contribution in [0.3, 0.4) is 0 Å². The maximum absolute atomic E-state index is 12.4. The van der Waals surface area contributed by atoms with Gasteiger partial charge >= 0.3 is 5.97 Å². The molecule has 2 aromatic rings. The van der Waals surface area contributed by atoms with Crippen LogP contribution in [0.4, 0.5) is 5.69 Å². The Morgan fingerprint density at radius 1 is 1.12 bits per heavy atom. The molecule has 0 radical (unpaired) electrons. The molecule has 5 nitrogen and oxygen atoms in total. The second-order valence-corrected chi connectivity index (χ2v) is 7.03. The highest BCUT2D eigenvalue weighted by Gasteiger charge is 2.24. The van der Waals surface area contributed by atoms with Gasteiger partial charge in [0.1, 0.15) is 0 Å². The van der Waals surface area contributed by atoms with Gasteiger partial charge in [0.2, 0.25) is 11.7 Å². The molecule has 26 heavy (non-hydrogen) atoms. The van der Waals surface area contributed by atoms with Crippen molar-refractivity contribution in [1.82, 2.24) is 0 Å². The van der Waals surface area contributed by atoms with Crippen LogP contribution in [-0.2, 0) is 9.53 Å². The Balaban J connectivity index is 1.70. The van der Waals surface area contributed by atoms with Gasteiger partial charge in [-0.1, -0.05) is 34.1 Å². The molecule has 1 aliphatic heterocycles. The Kier molecular flexibility index (Phi) is 5.52. The number of amides is 1. The third-order valence-electron chi connectivity index (χ3n) is 4.25. The number of Topliss-reactive ketones (excluding diaryl/α,β-unsaturated/α-hetero) is 1. The van der Waals surface area contributed by atoms with Gasteiger partial charge in [0.15, 0.2) is 6.10 Å². The van der Waals surface area contributed by atoms with Crippen molar-refractivity contribution in [3.63, 3.8) is 0 Å². The van der Waals surface area contributed by atoms with Gasteiger partial charge in [0.25, 0.3) is 0 Å². The Morgan fingerprint density at radius 2 is 1.85 bits per heavy atom. The van der Waals surface area contributed by atoms with Gasteiger partial charge in [-0.25, -0.2) is 4.79 Å². The van der Waals surface area contributed by atoms with Crippen LogP contribution in [0.25, 0.3) is 0 Å². The first-order valence-corrected chi connectivity index (χ1v) is 9.16.